The second-order valence-corrected chi connectivity index (χ2v) is 5.39. The zero-order valence-corrected chi connectivity index (χ0v) is 11.7. The molecule has 0 spiro atoms. The van der Waals surface area contributed by atoms with Crippen LogP contribution >= 0.6 is 0 Å². The van der Waals surface area contributed by atoms with E-state index < -0.39 is 6.03 Å². The van der Waals surface area contributed by atoms with Gasteiger partial charge in [0, 0.05) is 12.6 Å². The lowest BCUT2D eigenvalue weighted by atomic mass is 9.98. The third-order valence-corrected chi connectivity index (χ3v) is 3.57. The summed E-state index contributed by atoms with van der Waals surface area (Å²) in [5, 5.41) is 5.00. The molecule has 1 aliphatic heterocycles. The molecule has 0 aromatic rings. The van der Waals surface area contributed by atoms with Crippen molar-refractivity contribution in [1.29, 1.82) is 0 Å². The maximum Gasteiger partial charge on any atom is 0.321 e. The van der Waals surface area contributed by atoms with Gasteiger partial charge in [0.1, 0.15) is 0 Å². The molecule has 2 fully saturated rings. The van der Waals surface area contributed by atoms with Crippen LogP contribution in [-0.2, 0) is 14.3 Å². The van der Waals surface area contributed by atoms with Crippen LogP contribution in [0.15, 0.2) is 0 Å². The van der Waals surface area contributed by atoms with Gasteiger partial charge < -0.3 is 10.1 Å². The molecule has 1 unspecified atom stereocenters. The topological polar surface area (TPSA) is 87.7 Å². The number of imide groups is 1. The van der Waals surface area contributed by atoms with Gasteiger partial charge in [0.05, 0.1) is 19.6 Å². The van der Waals surface area contributed by atoms with Gasteiger partial charge in [-0.1, -0.05) is 0 Å². The van der Waals surface area contributed by atoms with E-state index in [1.807, 2.05) is 4.90 Å². The summed E-state index contributed by atoms with van der Waals surface area (Å²) in [5.41, 5.74) is 0. The number of urea groups is 1. The van der Waals surface area contributed by atoms with Crippen LogP contribution in [0.2, 0.25) is 0 Å². The predicted molar refractivity (Wildman–Crippen MR) is 70.9 cm³/mol. The van der Waals surface area contributed by atoms with Crippen molar-refractivity contribution in [3.05, 3.63) is 0 Å². The Morgan fingerprint density at radius 1 is 1.25 bits per heavy atom. The van der Waals surface area contributed by atoms with Gasteiger partial charge in [0.15, 0.2) is 0 Å². The Hall–Kier alpha value is -1.63. The van der Waals surface area contributed by atoms with Crippen LogP contribution in [0.3, 0.4) is 0 Å². The monoisotopic (exact) mass is 283 g/mol. The number of carbonyl (C=O) groups is 3. The third-order valence-electron chi connectivity index (χ3n) is 3.57. The number of nitrogens with zero attached hydrogens (tertiary/aromatic N) is 1. The summed E-state index contributed by atoms with van der Waals surface area (Å²) in [7, 11) is 1.37. The number of hydrogen-bond donors (Lipinski definition) is 2. The maximum atomic E-state index is 11.7. The molecule has 20 heavy (non-hydrogen) atoms. The number of piperidine rings is 1. The van der Waals surface area contributed by atoms with E-state index >= 15 is 0 Å². The number of amides is 3. The molecule has 1 saturated carbocycles. The first-order valence-corrected chi connectivity index (χ1v) is 6.99. The highest BCUT2D eigenvalue weighted by molar-refractivity contribution is 5.95. The Bertz CT molecular complexity index is 395. The minimum absolute atomic E-state index is 0.131. The summed E-state index contributed by atoms with van der Waals surface area (Å²) in [5.74, 6) is -0.753. The fourth-order valence-electron chi connectivity index (χ4n) is 2.38. The third kappa shape index (κ3) is 4.48. The Balaban J connectivity index is 1.72. The molecule has 0 aromatic carbocycles. The Kier molecular flexibility index (Phi) is 4.94. The minimum atomic E-state index is -0.431. The van der Waals surface area contributed by atoms with Crippen LogP contribution in [-0.4, -0.2) is 55.6 Å². The fraction of sp³-hybridized carbons (Fsp3) is 0.769. The van der Waals surface area contributed by atoms with Gasteiger partial charge in [-0.2, -0.15) is 0 Å². The number of ether oxygens (including phenoxy) is 1. The highest BCUT2D eigenvalue weighted by Gasteiger charge is 2.28. The highest BCUT2D eigenvalue weighted by atomic mass is 16.5. The summed E-state index contributed by atoms with van der Waals surface area (Å²) in [6, 6.07) is -0.208. The molecule has 7 nitrogen and oxygen atoms in total. The van der Waals surface area contributed by atoms with E-state index in [0.29, 0.717) is 6.54 Å². The predicted octanol–water partition coefficient (Wildman–Crippen LogP) is -0.140. The number of rotatable bonds is 4. The average Bonchev–Trinajstić information content (AvgIpc) is 3.21. The summed E-state index contributed by atoms with van der Waals surface area (Å²) < 4.78 is 4.73. The SMILES string of the molecule is COC(=O)C1CCCN(CC(=O)NC(=O)NC2CC2)C1. The van der Waals surface area contributed by atoms with Gasteiger partial charge in [0.25, 0.3) is 0 Å². The van der Waals surface area contributed by atoms with Gasteiger partial charge in [-0.3, -0.25) is 19.8 Å². The second-order valence-electron chi connectivity index (χ2n) is 5.39. The van der Waals surface area contributed by atoms with E-state index in [0.717, 1.165) is 32.2 Å². The molecule has 7 heteroatoms. The van der Waals surface area contributed by atoms with Gasteiger partial charge in [0.2, 0.25) is 5.91 Å². The van der Waals surface area contributed by atoms with Gasteiger partial charge in [-0.25, -0.2) is 4.79 Å². The molecule has 1 atom stereocenters. The van der Waals surface area contributed by atoms with E-state index in [1.54, 1.807) is 0 Å². The zero-order valence-electron chi connectivity index (χ0n) is 11.7. The quantitative estimate of drug-likeness (QED) is 0.701. The molecule has 0 aromatic heterocycles. The lowest BCUT2D eigenvalue weighted by Gasteiger charge is -2.30. The number of methoxy groups -OCH3 is 1. The van der Waals surface area contributed by atoms with E-state index in [9.17, 15) is 14.4 Å². The Morgan fingerprint density at radius 2 is 2.00 bits per heavy atom. The molecule has 2 N–H and O–H groups in total. The van der Waals surface area contributed by atoms with Crippen LogP contribution in [0, 0.1) is 5.92 Å². The maximum absolute atomic E-state index is 11.7. The van der Waals surface area contributed by atoms with Crippen molar-refractivity contribution in [2.45, 2.75) is 31.7 Å². The molecule has 1 aliphatic carbocycles. The van der Waals surface area contributed by atoms with Crippen molar-refractivity contribution in [3.8, 4) is 0 Å². The largest absolute Gasteiger partial charge is 0.469 e. The van der Waals surface area contributed by atoms with Crippen LogP contribution in [0.1, 0.15) is 25.7 Å². The van der Waals surface area contributed by atoms with Crippen molar-refractivity contribution < 1.29 is 19.1 Å². The van der Waals surface area contributed by atoms with Crippen molar-refractivity contribution in [1.82, 2.24) is 15.5 Å². The summed E-state index contributed by atoms with van der Waals surface area (Å²) in [6.07, 6.45) is 3.59. The van der Waals surface area contributed by atoms with E-state index in [2.05, 4.69) is 10.6 Å². The molecular formula is C13H21N3O4. The number of hydrogen-bond acceptors (Lipinski definition) is 5. The molecular weight excluding hydrogens is 262 g/mol. The first-order valence-electron chi connectivity index (χ1n) is 6.99. The first kappa shape index (κ1) is 14.8. The van der Waals surface area contributed by atoms with Crippen LogP contribution < -0.4 is 10.6 Å². The van der Waals surface area contributed by atoms with E-state index in [1.165, 1.54) is 7.11 Å². The molecule has 112 valence electrons. The molecule has 0 bridgehead atoms. The summed E-state index contributed by atoms with van der Waals surface area (Å²) in [4.78, 5) is 36.5. The average molecular weight is 283 g/mol. The number of esters is 1. The van der Waals surface area contributed by atoms with Crippen LogP contribution in [0.25, 0.3) is 0 Å². The van der Waals surface area contributed by atoms with Crippen molar-refractivity contribution in [3.63, 3.8) is 0 Å². The smallest absolute Gasteiger partial charge is 0.321 e. The van der Waals surface area contributed by atoms with E-state index in [4.69, 9.17) is 4.74 Å². The first-order chi connectivity index (χ1) is 9.58. The standard InChI is InChI=1S/C13H21N3O4/c1-20-12(18)9-3-2-6-16(7-9)8-11(17)15-13(19)14-10-4-5-10/h9-10H,2-8H2,1H3,(H2,14,15,17,19). The van der Waals surface area contributed by atoms with Crippen molar-refractivity contribution >= 4 is 17.9 Å². The Labute approximate surface area is 118 Å². The fourth-order valence-corrected chi connectivity index (χ4v) is 2.38. The lowest BCUT2D eigenvalue weighted by molar-refractivity contribution is -0.147. The highest BCUT2D eigenvalue weighted by Crippen LogP contribution is 2.18. The van der Waals surface area contributed by atoms with Crippen LogP contribution in [0.4, 0.5) is 4.79 Å². The normalized spacial score (nSPS) is 22.9. The minimum Gasteiger partial charge on any atom is -0.469 e. The van der Waals surface area contributed by atoms with Gasteiger partial charge in [-0.15, -0.1) is 0 Å². The number of nitrogens with one attached hydrogen (secondary N) is 2. The zero-order chi connectivity index (χ0) is 14.5. The van der Waals surface area contributed by atoms with E-state index in [-0.39, 0.29) is 30.4 Å². The molecule has 2 rings (SSSR count). The van der Waals surface area contributed by atoms with Gasteiger partial charge >= 0.3 is 12.0 Å². The van der Waals surface area contributed by atoms with Crippen LogP contribution in [0.5, 0.6) is 0 Å². The van der Waals surface area contributed by atoms with Crippen molar-refractivity contribution in [2.75, 3.05) is 26.7 Å². The van der Waals surface area contributed by atoms with Gasteiger partial charge in [-0.05, 0) is 32.2 Å². The molecule has 2 aliphatic rings. The molecule has 1 heterocycles. The number of carbonyl (C=O) groups excluding carboxylic acids is 3. The summed E-state index contributed by atoms with van der Waals surface area (Å²) >= 11 is 0. The lowest BCUT2D eigenvalue weighted by Crippen LogP contribution is -2.48. The molecule has 1 saturated heterocycles. The second kappa shape index (κ2) is 6.69. The molecule has 3 amide bonds. The number of likely N-dealkylation sites (tertiary alicyclic amines) is 1. The summed E-state index contributed by atoms with van der Waals surface area (Å²) in [6.45, 7) is 1.39. The Morgan fingerprint density at radius 3 is 2.65 bits per heavy atom. The van der Waals surface area contributed by atoms with Crippen molar-refractivity contribution in [2.24, 2.45) is 5.92 Å². The molecule has 0 radical (unpaired) electrons.